The molecule has 1 aromatic rings. The lowest BCUT2D eigenvalue weighted by Crippen LogP contribution is -2.43. The van der Waals surface area contributed by atoms with E-state index in [2.05, 4.69) is 32.9 Å². The van der Waals surface area contributed by atoms with Crippen LogP contribution in [0.25, 0.3) is 0 Å². The quantitative estimate of drug-likeness (QED) is 0.819. The van der Waals surface area contributed by atoms with E-state index >= 15 is 0 Å². The van der Waals surface area contributed by atoms with E-state index in [1.165, 1.54) is 0 Å². The standard InChI is InChI=1S/C14H21BrN2O2S/c1-3-16-9-11-4-5-13(15)14(8-11)20(18,19)17-12-6-10(2)7-12/h4-5,8,10,12,16-17H,3,6-7,9H2,1-2H3. The summed E-state index contributed by atoms with van der Waals surface area (Å²) in [6.07, 6.45) is 1.85. The SMILES string of the molecule is CCNCc1ccc(Br)c(S(=O)(=O)NC2CC(C)C2)c1. The minimum atomic E-state index is -3.45. The average molecular weight is 361 g/mol. The predicted octanol–water partition coefficient (Wildman–Crippen LogP) is 2.64. The van der Waals surface area contributed by atoms with E-state index in [4.69, 9.17) is 0 Å². The molecule has 1 aliphatic carbocycles. The first kappa shape index (κ1) is 15.9. The second kappa shape index (κ2) is 6.56. The molecule has 0 unspecified atom stereocenters. The van der Waals surface area contributed by atoms with Gasteiger partial charge in [0.25, 0.3) is 0 Å². The van der Waals surface area contributed by atoms with E-state index in [0.29, 0.717) is 21.8 Å². The number of rotatable bonds is 6. The fourth-order valence-corrected chi connectivity index (χ4v) is 4.69. The molecule has 0 atom stereocenters. The normalized spacial score (nSPS) is 22.6. The van der Waals surface area contributed by atoms with Crippen molar-refractivity contribution in [1.29, 1.82) is 0 Å². The Kier molecular flexibility index (Phi) is 5.23. The molecule has 0 amide bonds. The van der Waals surface area contributed by atoms with E-state index in [1.54, 1.807) is 12.1 Å². The highest BCUT2D eigenvalue weighted by Crippen LogP contribution is 2.29. The molecule has 112 valence electrons. The monoisotopic (exact) mass is 360 g/mol. The van der Waals surface area contributed by atoms with Crippen LogP contribution in [0.2, 0.25) is 0 Å². The summed E-state index contributed by atoms with van der Waals surface area (Å²) in [4.78, 5) is 0.326. The summed E-state index contributed by atoms with van der Waals surface area (Å²) < 4.78 is 28.2. The van der Waals surface area contributed by atoms with Crippen molar-refractivity contribution in [3.05, 3.63) is 28.2 Å². The molecule has 2 rings (SSSR count). The van der Waals surface area contributed by atoms with Crippen LogP contribution in [0, 0.1) is 5.92 Å². The Hall–Kier alpha value is -0.430. The number of sulfonamides is 1. The van der Waals surface area contributed by atoms with E-state index in [-0.39, 0.29) is 6.04 Å². The Morgan fingerprint density at radius 1 is 1.35 bits per heavy atom. The lowest BCUT2D eigenvalue weighted by atomic mass is 9.83. The average Bonchev–Trinajstić information content (AvgIpc) is 2.35. The zero-order valence-electron chi connectivity index (χ0n) is 11.8. The van der Waals surface area contributed by atoms with Gasteiger partial charge in [0.15, 0.2) is 0 Å². The fourth-order valence-electron chi connectivity index (χ4n) is 2.41. The van der Waals surface area contributed by atoms with Gasteiger partial charge in [-0.3, -0.25) is 0 Å². The highest BCUT2D eigenvalue weighted by molar-refractivity contribution is 9.10. The molecule has 0 spiro atoms. The van der Waals surface area contributed by atoms with Crippen molar-refractivity contribution in [3.8, 4) is 0 Å². The summed E-state index contributed by atoms with van der Waals surface area (Å²) in [5, 5.41) is 3.20. The van der Waals surface area contributed by atoms with Crippen molar-refractivity contribution in [2.24, 2.45) is 5.92 Å². The van der Waals surface area contributed by atoms with Gasteiger partial charge in [-0.1, -0.05) is 19.9 Å². The van der Waals surface area contributed by atoms with E-state index in [0.717, 1.165) is 24.9 Å². The highest BCUT2D eigenvalue weighted by atomic mass is 79.9. The van der Waals surface area contributed by atoms with Crippen LogP contribution in [-0.4, -0.2) is 21.0 Å². The third-order valence-corrected chi connectivity index (χ3v) is 6.07. The number of hydrogen-bond acceptors (Lipinski definition) is 3. The maximum Gasteiger partial charge on any atom is 0.241 e. The third-order valence-electron chi connectivity index (χ3n) is 3.56. The Labute approximate surface area is 129 Å². The van der Waals surface area contributed by atoms with Crippen LogP contribution >= 0.6 is 15.9 Å². The van der Waals surface area contributed by atoms with Crippen molar-refractivity contribution in [2.75, 3.05) is 6.54 Å². The topological polar surface area (TPSA) is 58.2 Å². The molecule has 0 aromatic heterocycles. The zero-order chi connectivity index (χ0) is 14.8. The molecule has 20 heavy (non-hydrogen) atoms. The third kappa shape index (κ3) is 3.81. The van der Waals surface area contributed by atoms with Gasteiger partial charge in [0, 0.05) is 17.1 Å². The summed E-state index contributed by atoms with van der Waals surface area (Å²) in [6, 6.07) is 5.54. The van der Waals surface area contributed by atoms with Gasteiger partial charge in [0.2, 0.25) is 10.0 Å². The summed E-state index contributed by atoms with van der Waals surface area (Å²) in [5.74, 6) is 0.617. The second-order valence-electron chi connectivity index (χ2n) is 5.44. The predicted molar refractivity (Wildman–Crippen MR) is 84.0 cm³/mol. The smallest absolute Gasteiger partial charge is 0.241 e. The minimum absolute atomic E-state index is 0.0827. The van der Waals surface area contributed by atoms with Crippen molar-refractivity contribution < 1.29 is 8.42 Å². The van der Waals surface area contributed by atoms with Crippen LogP contribution in [0.5, 0.6) is 0 Å². The van der Waals surface area contributed by atoms with Crippen molar-refractivity contribution in [1.82, 2.24) is 10.0 Å². The maximum atomic E-state index is 12.4. The van der Waals surface area contributed by atoms with E-state index < -0.39 is 10.0 Å². The van der Waals surface area contributed by atoms with Gasteiger partial charge in [-0.15, -0.1) is 0 Å². The Balaban J connectivity index is 2.16. The lowest BCUT2D eigenvalue weighted by molar-refractivity contribution is 0.270. The molecule has 0 saturated heterocycles. The number of hydrogen-bond donors (Lipinski definition) is 2. The van der Waals surface area contributed by atoms with Crippen LogP contribution < -0.4 is 10.0 Å². The first-order chi connectivity index (χ1) is 9.42. The molecule has 0 bridgehead atoms. The van der Waals surface area contributed by atoms with E-state index in [1.807, 2.05) is 13.0 Å². The summed E-state index contributed by atoms with van der Waals surface area (Å²) in [6.45, 7) is 5.69. The van der Waals surface area contributed by atoms with Crippen LogP contribution in [0.15, 0.2) is 27.6 Å². The first-order valence-electron chi connectivity index (χ1n) is 6.94. The molecular weight excluding hydrogens is 340 g/mol. The van der Waals surface area contributed by atoms with Gasteiger partial charge in [0.05, 0.1) is 4.90 Å². The van der Waals surface area contributed by atoms with Crippen LogP contribution in [0.4, 0.5) is 0 Å². The second-order valence-corrected chi connectivity index (χ2v) is 7.98. The molecule has 1 fully saturated rings. The Morgan fingerprint density at radius 3 is 2.65 bits per heavy atom. The molecule has 1 saturated carbocycles. The van der Waals surface area contributed by atoms with Crippen LogP contribution in [0.1, 0.15) is 32.3 Å². The van der Waals surface area contributed by atoms with Gasteiger partial charge < -0.3 is 5.32 Å². The van der Waals surface area contributed by atoms with Crippen molar-refractivity contribution in [2.45, 2.75) is 44.2 Å². The fraction of sp³-hybridized carbons (Fsp3) is 0.571. The number of halogens is 1. The summed E-state index contributed by atoms with van der Waals surface area (Å²) >= 11 is 3.34. The molecule has 1 aromatic carbocycles. The minimum Gasteiger partial charge on any atom is -0.313 e. The highest BCUT2D eigenvalue weighted by Gasteiger charge is 2.30. The molecular formula is C14H21BrN2O2S. The van der Waals surface area contributed by atoms with Gasteiger partial charge in [0.1, 0.15) is 0 Å². The van der Waals surface area contributed by atoms with Gasteiger partial charge in [-0.2, -0.15) is 0 Å². The van der Waals surface area contributed by atoms with Crippen molar-refractivity contribution in [3.63, 3.8) is 0 Å². The summed E-state index contributed by atoms with van der Waals surface area (Å²) in [5.41, 5.74) is 0.970. The molecule has 0 radical (unpaired) electrons. The molecule has 1 aliphatic rings. The lowest BCUT2D eigenvalue weighted by Gasteiger charge is -2.33. The molecule has 4 nitrogen and oxygen atoms in total. The van der Waals surface area contributed by atoms with Crippen molar-refractivity contribution >= 4 is 26.0 Å². The number of benzene rings is 1. The Bertz CT molecular complexity index is 569. The molecule has 0 heterocycles. The summed E-state index contributed by atoms with van der Waals surface area (Å²) in [7, 11) is -3.45. The molecule has 2 N–H and O–H groups in total. The van der Waals surface area contributed by atoms with Crippen LogP contribution in [0.3, 0.4) is 0 Å². The molecule has 6 heteroatoms. The van der Waals surface area contributed by atoms with Gasteiger partial charge in [-0.25, -0.2) is 13.1 Å². The molecule has 0 aliphatic heterocycles. The van der Waals surface area contributed by atoms with Crippen LogP contribution in [-0.2, 0) is 16.6 Å². The first-order valence-corrected chi connectivity index (χ1v) is 9.21. The largest absolute Gasteiger partial charge is 0.313 e. The van der Waals surface area contributed by atoms with Gasteiger partial charge >= 0.3 is 0 Å². The Morgan fingerprint density at radius 2 is 2.05 bits per heavy atom. The number of nitrogens with one attached hydrogen (secondary N) is 2. The maximum absolute atomic E-state index is 12.4. The zero-order valence-corrected chi connectivity index (χ0v) is 14.2. The van der Waals surface area contributed by atoms with E-state index in [9.17, 15) is 8.42 Å². The van der Waals surface area contributed by atoms with Gasteiger partial charge in [-0.05, 0) is 58.9 Å².